The number of methoxy groups -OCH3 is 1. The highest BCUT2D eigenvalue weighted by molar-refractivity contribution is 6.11. The summed E-state index contributed by atoms with van der Waals surface area (Å²) in [4.78, 5) is 25.3. The fourth-order valence-electron chi connectivity index (χ4n) is 3.48. The summed E-state index contributed by atoms with van der Waals surface area (Å²) in [6.07, 6.45) is 1.90. The maximum absolute atomic E-state index is 12.8. The van der Waals surface area contributed by atoms with Crippen molar-refractivity contribution in [3.8, 4) is 11.5 Å². The highest BCUT2D eigenvalue weighted by Crippen LogP contribution is 2.42. The summed E-state index contributed by atoms with van der Waals surface area (Å²) in [6, 6.07) is 14.2. The fourth-order valence-corrected chi connectivity index (χ4v) is 3.48. The third kappa shape index (κ3) is 3.87. The van der Waals surface area contributed by atoms with Gasteiger partial charge in [0, 0.05) is 11.5 Å². The van der Waals surface area contributed by atoms with Crippen LogP contribution >= 0.6 is 0 Å². The van der Waals surface area contributed by atoms with Crippen LogP contribution in [0.4, 0.5) is 0 Å². The van der Waals surface area contributed by atoms with E-state index in [1.54, 1.807) is 50.4 Å². The Morgan fingerprint density at radius 1 is 1.15 bits per heavy atom. The van der Waals surface area contributed by atoms with Crippen molar-refractivity contribution in [2.45, 2.75) is 19.3 Å². The van der Waals surface area contributed by atoms with Gasteiger partial charge in [-0.1, -0.05) is 30.3 Å². The van der Waals surface area contributed by atoms with Gasteiger partial charge in [0.15, 0.2) is 5.78 Å². The highest BCUT2D eigenvalue weighted by atomic mass is 16.5. The molecule has 3 rings (SSSR count). The quantitative estimate of drug-likeness (QED) is 0.645. The molecule has 2 atom stereocenters. The summed E-state index contributed by atoms with van der Waals surface area (Å²) >= 11 is 0. The van der Waals surface area contributed by atoms with E-state index >= 15 is 0 Å². The first kappa shape index (κ1) is 18.7. The summed E-state index contributed by atoms with van der Waals surface area (Å²) in [5.74, 6) is -1.28. The zero-order chi connectivity index (χ0) is 19.4. The van der Waals surface area contributed by atoms with Gasteiger partial charge < -0.3 is 14.6 Å². The zero-order valence-corrected chi connectivity index (χ0v) is 15.3. The van der Waals surface area contributed by atoms with Gasteiger partial charge in [-0.05, 0) is 48.8 Å². The molecule has 0 fully saturated rings. The molecular formula is C22H22O5. The lowest BCUT2D eigenvalue weighted by molar-refractivity contribution is -0.151. The normalized spacial score (nSPS) is 19.3. The number of phenols is 1. The van der Waals surface area contributed by atoms with Crippen LogP contribution in [0.25, 0.3) is 5.57 Å². The SMILES string of the molecule is CCOC(=O)C1C(=O)C=C(c2ccccc2O)CC1c1ccc(OC)cc1. The van der Waals surface area contributed by atoms with E-state index in [0.29, 0.717) is 23.3 Å². The predicted molar refractivity (Wildman–Crippen MR) is 102 cm³/mol. The number of ketones is 1. The summed E-state index contributed by atoms with van der Waals surface area (Å²) in [5.41, 5.74) is 2.16. The molecule has 0 saturated heterocycles. The summed E-state index contributed by atoms with van der Waals surface area (Å²) in [7, 11) is 1.58. The summed E-state index contributed by atoms with van der Waals surface area (Å²) in [6.45, 7) is 1.94. The van der Waals surface area contributed by atoms with Crippen molar-refractivity contribution in [2.24, 2.45) is 5.92 Å². The molecule has 5 nitrogen and oxygen atoms in total. The average Bonchev–Trinajstić information content (AvgIpc) is 2.68. The maximum Gasteiger partial charge on any atom is 0.317 e. The fraction of sp³-hybridized carbons (Fsp3) is 0.273. The van der Waals surface area contributed by atoms with E-state index in [0.717, 1.165) is 5.56 Å². The molecule has 0 heterocycles. The van der Waals surface area contributed by atoms with Gasteiger partial charge in [-0.2, -0.15) is 0 Å². The van der Waals surface area contributed by atoms with E-state index in [2.05, 4.69) is 0 Å². The van der Waals surface area contributed by atoms with Gasteiger partial charge in [-0.3, -0.25) is 9.59 Å². The third-order valence-electron chi connectivity index (χ3n) is 4.80. The lowest BCUT2D eigenvalue weighted by atomic mass is 9.73. The van der Waals surface area contributed by atoms with Crippen molar-refractivity contribution in [1.82, 2.24) is 0 Å². The largest absolute Gasteiger partial charge is 0.507 e. The van der Waals surface area contributed by atoms with Crippen LogP contribution in [0.1, 0.15) is 30.4 Å². The molecule has 1 aliphatic carbocycles. The van der Waals surface area contributed by atoms with Crippen LogP contribution in [-0.4, -0.2) is 30.6 Å². The first-order valence-electron chi connectivity index (χ1n) is 8.88. The molecule has 2 unspecified atom stereocenters. The standard InChI is InChI=1S/C22H22O5/c1-3-27-22(25)21-18(14-8-10-16(26-2)11-9-14)12-15(13-20(21)24)17-6-4-5-7-19(17)23/h4-11,13,18,21,23H,3,12H2,1-2H3. The lowest BCUT2D eigenvalue weighted by Gasteiger charge is -2.29. The van der Waals surface area contributed by atoms with Crippen molar-refractivity contribution in [3.05, 3.63) is 65.7 Å². The molecule has 0 spiro atoms. The number of rotatable bonds is 5. The second-order valence-corrected chi connectivity index (χ2v) is 6.40. The van der Waals surface area contributed by atoms with Crippen molar-refractivity contribution in [1.29, 1.82) is 0 Å². The lowest BCUT2D eigenvalue weighted by Crippen LogP contribution is -2.34. The smallest absolute Gasteiger partial charge is 0.317 e. The van der Waals surface area contributed by atoms with E-state index in [-0.39, 0.29) is 24.1 Å². The topological polar surface area (TPSA) is 72.8 Å². The van der Waals surface area contributed by atoms with Crippen LogP contribution < -0.4 is 4.74 Å². The first-order chi connectivity index (χ1) is 13.0. The van der Waals surface area contributed by atoms with Crippen LogP contribution in [0.2, 0.25) is 0 Å². The Hall–Kier alpha value is -3.08. The summed E-state index contributed by atoms with van der Waals surface area (Å²) in [5, 5.41) is 10.2. The Labute approximate surface area is 158 Å². The van der Waals surface area contributed by atoms with Gasteiger partial charge in [-0.25, -0.2) is 0 Å². The Balaban J connectivity index is 2.03. The van der Waals surface area contributed by atoms with Crippen molar-refractivity contribution < 1.29 is 24.2 Å². The van der Waals surface area contributed by atoms with Crippen LogP contribution in [0.15, 0.2) is 54.6 Å². The number of phenolic OH excluding ortho intramolecular Hbond substituents is 1. The van der Waals surface area contributed by atoms with E-state index in [1.807, 2.05) is 12.1 Å². The van der Waals surface area contributed by atoms with E-state index in [9.17, 15) is 14.7 Å². The molecule has 0 aromatic heterocycles. The second-order valence-electron chi connectivity index (χ2n) is 6.40. The molecule has 0 bridgehead atoms. The van der Waals surface area contributed by atoms with E-state index in [1.165, 1.54) is 6.08 Å². The zero-order valence-electron chi connectivity index (χ0n) is 15.3. The number of carbonyl (C=O) groups is 2. The van der Waals surface area contributed by atoms with Crippen LogP contribution in [0.3, 0.4) is 0 Å². The van der Waals surface area contributed by atoms with Crippen LogP contribution in [-0.2, 0) is 14.3 Å². The molecule has 0 saturated carbocycles. The molecule has 0 aliphatic heterocycles. The number of para-hydroxylation sites is 1. The van der Waals surface area contributed by atoms with Crippen LogP contribution in [0.5, 0.6) is 11.5 Å². The molecule has 2 aromatic rings. The molecule has 5 heteroatoms. The minimum Gasteiger partial charge on any atom is -0.507 e. The minimum absolute atomic E-state index is 0.111. The number of carbonyl (C=O) groups excluding carboxylic acids is 2. The van der Waals surface area contributed by atoms with Crippen molar-refractivity contribution in [3.63, 3.8) is 0 Å². The molecule has 0 amide bonds. The number of aromatic hydroxyl groups is 1. The van der Waals surface area contributed by atoms with Gasteiger partial charge in [0.25, 0.3) is 0 Å². The maximum atomic E-state index is 12.8. The molecule has 1 aliphatic rings. The Kier molecular flexibility index (Phi) is 5.60. The van der Waals surface area contributed by atoms with E-state index < -0.39 is 11.9 Å². The number of hydrogen-bond donors (Lipinski definition) is 1. The van der Waals surface area contributed by atoms with E-state index in [4.69, 9.17) is 9.47 Å². The number of hydrogen-bond acceptors (Lipinski definition) is 5. The van der Waals surface area contributed by atoms with Gasteiger partial charge in [0.05, 0.1) is 13.7 Å². The number of allylic oxidation sites excluding steroid dienone is 2. The first-order valence-corrected chi connectivity index (χ1v) is 8.88. The number of esters is 1. The Morgan fingerprint density at radius 2 is 1.85 bits per heavy atom. The third-order valence-corrected chi connectivity index (χ3v) is 4.80. The van der Waals surface area contributed by atoms with Crippen LogP contribution in [0, 0.1) is 5.92 Å². The van der Waals surface area contributed by atoms with Crippen molar-refractivity contribution in [2.75, 3.05) is 13.7 Å². The van der Waals surface area contributed by atoms with Crippen molar-refractivity contribution >= 4 is 17.3 Å². The summed E-state index contributed by atoms with van der Waals surface area (Å²) < 4.78 is 10.3. The Bertz CT molecular complexity index is 867. The molecule has 2 aromatic carbocycles. The highest BCUT2D eigenvalue weighted by Gasteiger charge is 2.40. The number of ether oxygens (including phenoxy) is 2. The van der Waals surface area contributed by atoms with Gasteiger partial charge in [0.1, 0.15) is 17.4 Å². The molecule has 140 valence electrons. The average molecular weight is 366 g/mol. The monoisotopic (exact) mass is 366 g/mol. The Morgan fingerprint density at radius 3 is 2.48 bits per heavy atom. The second kappa shape index (κ2) is 8.08. The minimum atomic E-state index is -0.895. The number of benzene rings is 2. The van der Waals surface area contributed by atoms with Gasteiger partial charge in [-0.15, -0.1) is 0 Å². The molecule has 27 heavy (non-hydrogen) atoms. The molecule has 1 N–H and O–H groups in total. The van der Waals surface area contributed by atoms with Gasteiger partial charge in [0.2, 0.25) is 0 Å². The molecule has 0 radical (unpaired) electrons. The molecular weight excluding hydrogens is 344 g/mol. The predicted octanol–water partition coefficient (Wildman–Crippen LogP) is 3.72. The van der Waals surface area contributed by atoms with Gasteiger partial charge >= 0.3 is 5.97 Å².